The number of hydrogen-bond acceptors (Lipinski definition) is 4. The summed E-state index contributed by atoms with van der Waals surface area (Å²) in [6, 6.07) is 0. The Kier molecular flexibility index (Phi) is 4.24. The topological polar surface area (TPSA) is 66.9 Å². The predicted octanol–water partition coefficient (Wildman–Crippen LogP) is -0.483. The summed E-state index contributed by atoms with van der Waals surface area (Å²) in [5, 5.41) is 0. The van der Waals surface area contributed by atoms with E-state index in [1.807, 2.05) is 0 Å². The fraction of sp³-hybridized carbons (Fsp3) is 0.909. The lowest BCUT2D eigenvalue weighted by molar-refractivity contribution is -0.136. The zero-order valence-corrected chi connectivity index (χ0v) is 11.5. The molecular weight excluding hydrogens is 256 g/mol. The first-order valence-corrected chi connectivity index (χ1v) is 8.00. The Labute approximate surface area is 108 Å². The normalized spacial score (nSPS) is 26.5. The second kappa shape index (κ2) is 5.54. The molecule has 6 nitrogen and oxygen atoms in total. The number of sulfonamides is 1. The molecule has 0 radical (unpaired) electrons. The monoisotopic (exact) mass is 276 g/mol. The molecule has 2 aliphatic rings. The second-order valence-electron chi connectivity index (χ2n) is 4.69. The number of carbonyl (C=O) groups excluding carboxylic acids is 1. The maximum Gasteiger partial charge on any atom is 0.228 e. The van der Waals surface area contributed by atoms with Gasteiger partial charge in [0.1, 0.15) is 0 Å². The fourth-order valence-corrected chi connectivity index (χ4v) is 3.44. The van der Waals surface area contributed by atoms with Crippen LogP contribution < -0.4 is 0 Å². The predicted molar refractivity (Wildman–Crippen MR) is 66.5 cm³/mol. The Balaban J connectivity index is 1.88. The van der Waals surface area contributed by atoms with Crippen LogP contribution in [0, 0.1) is 5.92 Å². The van der Waals surface area contributed by atoms with Crippen LogP contribution in [-0.2, 0) is 19.6 Å². The summed E-state index contributed by atoms with van der Waals surface area (Å²) in [5.74, 6) is 0.206. The maximum atomic E-state index is 12.1. The van der Waals surface area contributed by atoms with Crippen molar-refractivity contribution in [3.63, 3.8) is 0 Å². The molecule has 0 bridgehead atoms. The molecule has 1 amide bonds. The van der Waals surface area contributed by atoms with Crippen LogP contribution in [0.5, 0.6) is 0 Å². The van der Waals surface area contributed by atoms with Gasteiger partial charge < -0.3 is 9.64 Å². The molecule has 2 rings (SSSR count). The lowest BCUT2D eigenvalue weighted by atomic mass is 10.1. The molecule has 0 saturated carbocycles. The molecule has 0 aromatic heterocycles. The Morgan fingerprint density at radius 1 is 1.28 bits per heavy atom. The average molecular weight is 276 g/mol. The minimum absolute atomic E-state index is 0.0284. The van der Waals surface area contributed by atoms with E-state index in [0.29, 0.717) is 39.4 Å². The molecule has 1 unspecified atom stereocenters. The van der Waals surface area contributed by atoms with Crippen molar-refractivity contribution < 1.29 is 17.9 Å². The van der Waals surface area contributed by atoms with E-state index in [4.69, 9.17) is 4.74 Å². The Hall–Kier alpha value is -0.660. The molecule has 2 fully saturated rings. The lowest BCUT2D eigenvalue weighted by Gasteiger charge is -2.34. The van der Waals surface area contributed by atoms with Crippen LogP contribution in [0.1, 0.15) is 13.3 Å². The molecular formula is C11H20N2O4S. The molecule has 1 atom stereocenters. The van der Waals surface area contributed by atoms with Gasteiger partial charge in [0.2, 0.25) is 15.9 Å². The van der Waals surface area contributed by atoms with Gasteiger partial charge in [-0.05, 0) is 13.3 Å². The van der Waals surface area contributed by atoms with E-state index in [9.17, 15) is 13.2 Å². The van der Waals surface area contributed by atoms with E-state index in [0.717, 1.165) is 6.42 Å². The van der Waals surface area contributed by atoms with Crippen molar-refractivity contribution >= 4 is 15.9 Å². The molecule has 2 saturated heterocycles. The van der Waals surface area contributed by atoms with Gasteiger partial charge in [0.05, 0.1) is 18.3 Å². The van der Waals surface area contributed by atoms with Gasteiger partial charge in [-0.1, -0.05) is 0 Å². The summed E-state index contributed by atoms with van der Waals surface area (Å²) < 4.78 is 30.1. The fourth-order valence-electron chi connectivity index (χ4n) is 2.36. The number of ether oxygens (including phenoxy) is 1. The van der Waals surface area contributed by atoms with Gasteiger partial charge in [-0.3, -0.25) is 4.79 Å². The maximum absolute atomic E-state index is 12.1. The van der Waals surface area contributed by atoms with E-state index < -0.39 is 10.0 Å². The van der Waals surface area contributed by atoms with Crippen molar-refractivity contribution in [2.75, 3.05) is 45.1 Å². The van der Waals surface area contributed by atoms with Crippen LogP contribution in [0.25, 0.3) is 0 Å². The summed E-state index contributed by atoms with van der Waals surface area (Å²) in [6.45, 7) is 4.61. The smallest absolute Gasteiger partial charge is 0.228 e. The molecule has 0 aromatic carbocycles. The second-order valence-corrected chi connectivity index (χ2v) is 6.94. The molecule has 2 heterocycles. The van der Waals surface area contributed by atoms with Crippen molar-refractivity contribution in [3.8, 4) is 0 Å². The number of nitrogens with zero attached hydrogens (tertiary/aromatic N) is 2. The summed E-state index contributed by atoms with van der Waals surface area (Å²) in [6.07, 6.45) is 0.784. The van der Waals surface area contributed by atoms with Gasteiger partial charge in [0.25, 0.3) is 0 Å². The van der Waals surface area contributed by atoms with Gasteiger partial charge in [0, 0.05) is 32.8 Å². The van der Waals surface area contributed by atoms with Crippen LogP contribution in [0.2, 0.25) is 0 Å². The average Bonchev–Trinajstić information content (AvgIpc) is 2.92. The van der Waals surface area contributed by atoms with Gasteiger partial charge in [-0.2, -0.15) is 4.31 Å². The highest BCUT2D eigenvalue weighted by Gasteiger charge is 2.32. The van der Waals surface area contributed by atoms with Crippen molar-refractivity contribution in [1.29, 1.82) is 0 Å². The first kappa shape index (κ1) is 13.8. The van der Waals surface area contributed by atoms with Crippen LogP contribution in [0.3, 0.4) is 0 Å². The van der Waals surface area contributed by atoms with Crippen LogP contribution >= 0.6 is 0 Å². The number of amides is 1. The Morgan fingerprint density at radius 3 is 2.44 bits per heavy atom. The van der Waals surface area contributed by atoms with Gasteiger partial charge in [0.15, 0.2) is 0 Å². The first-order chi connectivity index (χ1) is 8.54. The highest BCUT2D eigenvalue weighted by atomic mass is 32.2. The first-order valence-electron chi connectivity index (χ1n) is 6.39. The minimum atomic E-state index is -3.12. The van der Waals surface area contributed by atoms with Crippen LogP contribution in [-0.4, -0.2) is 68.7 Å². The summed E-state index contributed by atoms with van der Waals surface area (Å²) in [4.78, 5) is 13.9. The van der Waals surface area contributed by atoms with E-state index in [2.05, 4.69) is 0 Å². The Bertz CT molecular complexity index is 395. The van der Waals surface area contributed by atoms with E-state index in [1.165, 1.54) is 4.31 Å². The lowest BCUT2D eigenvalue weighted by Crippen LogP contribution is -2.52. The summed E-state index contributed by atoms with van der Waals surface area (Å²) >= 11 is 0. The van der Waals surface area contributed by atoms with Crippen molar-refractivity contribution in [3.05, 3.63) is 0 Å². The van der Waals surface area contributed by atoms with E-state index in [-0.39, 0.29) is 17.6 Å². The number of carbonyl (C=O) groups is 1. The van der Waals surface area contributed by atoms with Crippen LogP contribution in [0.15, 0.2) is 0 Å². The third kappa shape index (κ3) is 2.84. The summed E-state index contributed by atoms with van der Waals surface area (Å²) in [5.41, 5.74) is 0. The zero-order valence-electron chi connectivity index (χ0n) is 10.7. The largest absolute Gasteiger partial charge is 0.381 e. The van der Waals surface area contributed by atoms with E-state index in [1.54, 1.807) is 11.8 Å². The van der Waals surface area contributed by atoms with Crippen molar-refractivity contribution in [1.82, 2.24) is 9.21 Å². The van der Waals surface area contributed by atoms with Gasteiger partial charge >= 0.3 is 0 Å². The standard InChI is InChI=1S/C11H20N2O4S/c1-2-18(15,16)13-6-4-12(5-7-13)11(14)10-3-8-17-9-10/h10H,2-9H2,1H3. The SMILES string of the molecule is CCS(=O)(=O)N1CCN(C(=O)C2CCOC2)CC1. The molecule has 0 aliphatic carbocycles. The molecule has 104 valence electrons. The molecule has 18 heavy (non-hydrogen) atoms. The molecule has 0 aromatic rings. The Morgan fingerprint density at radius 2 is 1.94 bits per heavy atom. The number of piperazine rings is 1. The minimum Gasteiger partial charge on any atom is -0.381 e. The quantitative estimate of drug-likeness (QED) is 0.698. The third-order valence-electron chi connectivity index (χ3n) is 3.59. The van der Waals surface area contributed by atoms with E-state index >= 15 is 0 Å². The highest BCUT2D eigenvalue weighted by molar-refractivity contribution is 7.89. The molecule has 2 aliphatic heterocycles. The van der Waals surface area contributed by atoms with Crippen molar-refractivity contribution in [2.24, 2.45) is 5.92 Å². The third-order valence-corrected chi connectivity index (χ3v) is 5.47. The van der Waals surface area contributed by atoms with Gasteiger partial charge in [-0.25, -0.2) is 8.42 Å². The van der Waals surface area contributed by atoms with Crippen molar-refractivity contribution in [2.45, 2.75) is 13.3 Å². The van der Waals surface area contributed by atoms with Gasteiger partial charge in [-0.15, -0.1) is 0 Å². The molecule has 0 N–H and O–H groups in total. The zero-order chi connectivity index (χ0) is 13.2. The molecule has 0 spiro atoms. The number of rotatable bonds is 3. The van der Waals surface area contributed by atoms with Crippen LogP contribution in [0.4, 0.5) is 0 Å². The highest BCUT2D eigenvalue weighted by Crippen LogP contribution is 2.17. The molecule has 7 heteroatoms. The number of hydrogen-bond donors (Lipinski definition) is 0. The summed E-state index contributed by atoms with van der Waals surface area (Å²) in [7, 11) is -3.12.